The monoisotopic (exact) mass is 731 g/mol. The van der Waals surface area contributed by atoms with Crippen LogP contribution in [0.15, 0.2) is 73.4 Å². The summed E-state index contributed by atoms with van der Waals surface area (Å²) in [5.74, 6) is -4.52. The second kappa shape index (κ2) is 17.0. The standard InChI is InChI=1S/C35H41N9O7S/c1-18(45)30(36)34(49)44-29(16-52)33(48)42-26(10-19-13-38-24-8-4-2-6-22(19)24)31(46)41-27(11-20-14-39-25-9-5-3-7-23(20)25)32(47)43-28(35(50)51)12-21-15-37-17-40-21/h2-9,13-15,17-18,26-30,38-39,45,52H,10-12,16,36H2,1H3,(H,37,40)(H,41,46)(H,42,48)(H,43,47)(H,44,49)(H,50,51)/t18-,26+,27+,28+,29+,30+/m1/s1. The van der Waals surface area contributed by atoms with E-state index in [-0.39, 0.29) is 25.0 Å². The fourth-order valence-electron chi connectivity index (χ4n) is 5.77. The Hall–Kier alpha value is -5.65. The van der Waals surface area contributed by atoms with Crippen LogP contribution in [0.3, 0.4) is 0 Å². The van der Waals surface area contributed by atoms with Crippen LogP contribution in [-0.2, 0) is 43.2 Å². The van der Waals surface area contributed by atoms with Gasteiger partial charge in [0.05, 0.1) is 12.4 Å². The predicted octanol–water partition coefficient (Wildman–Crippen LogP) is 0.0619. The van der Waals surface area contributed by atoms with Gasteiger partial charge in [0.25, 0.3) is 0 Å². The van der Waals surface area contributed by atoms with Gasteiger partial charge in [-0.25, -0.2) is 9.78 Å². The number of para-hydroxylation sites is 2. The SMILES string of the molecule is C[C@@H](O)[C@H](N)C(=O)N[C@@H](CS)C(=O)N[C@@H](Cc1c[nH]c2ccccc12)C(=O)N[C@@H](Cc1c[nH]c2ccccc12)C(=O)N[C@@H](Cc1cnc[nH]1)C(=O)O. The number of benzene rings is 2. The second-order valence-corrected chi connectivity index (χ2v) is 12.8. The lowest BCUT2D eigenvalue weighted by Crippen LogP contribution is -2.60. The Bertz CT molecular complexity index is 2030. The molecule has 4 amide bonds. The van der Waals surface area contributed by atoms with Crippen molar-refractivity contribution in [1.82, 2.24) is 41.2 Å². The number of imidazole rings is 1. The molecular weight excluding hydrogens is 691 g/mol. The van der Waals surface area contributed by atoms with Crippen LogP contribution in [0.4, 0.5) is 0 Å². The van der Waals surface area contributed by atoms with E-state index < -0.39 is 65.9 Å². The van der Waals surface area contributed by atoms with Crippen molar-refractivity contribution in [2.24, 2.45) is 5.73 Å². The molecule has 0 aliphatic rings. The molecule has 11 N–H and O–H groups in total. The van der Waals surface area contributed by atoms with E-state index in [1.807, 2.05) is 48.5 Å². The molecule has 0 unspecified atom stereocenters. The quantitative estimate of drug-likeness (QED) is 0.0577. The number of aliphatic carboxylic acids is 1. The minimum absolute atomic E-state index is 0.0268. The topological polar surface area (TPSA) is 260 Å². The molecule has 17 heteroatoms. The van der Waals surface area contributed by atoms with Gasteiger partial charge >= 0.3 is 5.97 Å². The lowest BCUT2D eigenvalue weighted by atomic mass is 10.0. The number of carbonyl (C=O) groups is 5. The zero-order valence-corrected chi connectivity index (χ0v) is 29.0. The summed E-state index contributed by atoms with van der Waals surface area (Å²) in [6, 6.07) is 8.29. The van der Waals surface area contributed by atoms with Crippen LogP contribution in [0, 0.1) is 0 Å². The van der Waals surface area contributed by atoms with Crippen LogP contribution in [0.5, 0.6) is 0 Å². The number of nitrogens with zero attached hydrogens (tertiary/aromatic N) is 1. The zero-order valence-electron chi connectivity index (χ0n) is 28.1. The molecule has 0 saturated carbocycles. The van der Waals surface area contributed by atoms with Gasteiger partial charge in [0.2, 0.25) is 23.6 Å². The summed E-state index contributed by atoms with van der Waals surface area (Å²) in [4.78, 5) is 79.6. The molecule has 16 nitrogen and oxygen atoms in total. The van der Waals surface area contributed by atoms with Crippen LogP contribution >= 0.6 is 12.6 Å². The molecule has 6 atom stereocenters. The number of nitrogens with two attached hydrogens (primary N) is 1. The van der Waals surface area contributed by atoms with Crippen LogP contribution in [0.25, 0.3) is 21.8 Å². The highest BCUT2D eigenvalue weighted by Crippen LogP contribution is 2.21. The maximum Gasteiger partial charge on any atom is 0.326 e. The largest absolute Gasteiger partial charge is 0.480 e. The summed E-state index contributed by atoms with van der Waals surface area (Å²) in [5.41, 5.74) is 9.19. The van der Waals surface area contributed by atoms with Crippen molar-refractivity contribution in [2.45, 2.75) is 62.5 Å². The number of aliphatic hydroxyl groups is 1. The number of thiol groups is 1. The van der Waals surface area contributed by atoms with Crippen LogP contribution in [0.2, 0.25) is 0 Å². The Labute approximate surface area is 303 Å². The molecule has 52 heavy (non-hydrogen) atoms. The highest BCUT2D eigenvalue weighted by molar-refractivity contribution is 7.80. The van der Waals surface area contributed by atoms with E-state index in [1.54, 1.807) is 12.4 Å². The highest BCUT2D eigenvalue weighted by Gasteiger charge is 2.33. The molecule has 0 spiro atoms. The van der Waals surface area contributed by atoms with Crippen molar-refractivity contribution in [3.8, 4) is 0 Å². The van der Waals surface area contributed by atoms with E-state index in [1.165, 1.54) is 19.4 Å². The molecule has 0 aliphatic carbocycles. The molecule has 0 bridgehead atoms. The molecule has 3 heterocycles. The summed E-state index contributed by atoms with van der Waals surface area (Å²) in [6.07, 6.45) is 4.92. The Morgan fingerprint density at radius 3 is 1.67 bits per heavy atom. The Kier molecular flexibility index (Phi) is 12.3. The van der Waals surface area contributed by atoms with Gasteiger partial charge in [0.15, 0.2) is 0 Å². The number of carboxylic acid groups (broad SMARTS) is 1. The fraction of sp³-hybridized carbons (Fsp3) is 0.314. The highest BCUT2D eigenvalue weighted by atomic mass is 32.1. The van der Waals surface area contributed by atoms with Gasteiger partial charge in [-0.05, 0) is 30.2 Å². The average molecular weight is 732 g/mol. The normalized spacial score (nSPS) is 14.8. The van der Waals surface area contributed by atoms with E-state index in [0.29, 0.717) is 16.8 Å². The van der Waals surface area contributed by atoms with E-state index in [4.69, 9.17) is 5.73 Å². The van der Waals surface area contributed by atoms with Gasteiger partial charge in [-0.1, -0.05) is 36.4 Å². The first-order valence-corrected chi connectivity index (χ1v) is 17.1. The first kappa shape index (κ1) is 37.6. The zero-order chi connectivity index (χ0) is 37.4. The van der Waals surface area contributed by atoms with Crippen molar-refractivity contribution in [3.05, 3.63) is 90.3 Å². The molecule has 274 valence electrons. The van der Waals surface area contributed by atoms with Gasteiger partial charge in [-0.15, -0.1) is 0 Å². The second-order valence-electron chi connectivity index (χ2n) is 12.4. The number of H-pyrrole nitrogens is 3. The van der Waals surface area contributed by atoms with Crippen LogP contribution in [0.1, 0.15) is 23.7 Å². The number of aromatic nitrogens is 4. The molecule has 2 aromatic carbocycles. The number of hydrogen-bond donors (Lipinski definition) is 11. The third-order valence-electron chi connectivity index (χ3n) is 8.70. The van der Waals surface area contributed by atoms with E-state index >= 15 is 0 Å². The van der Waals surface area contributed by atoms with Gasteiger partial charge < -0.3 is 52.2 Å². The minimum atomic E-state index is -1.36. The average Bonchev–Trinajstić information content (AvgIpc) is 3.90. The Morgan fingerprint density at radius 1 is 0.731 bits per heavy atom. The number of aromatic amines is 3. The first-order valence-electron chi connectivity index (χ1n) is 16.5. The number of rotatable bonds is 17. The Morgan fingerprint density at radius 2 is 1.21 bits per heavy atom. The van der Waals surface area contributed by atoms with Crippen molar-refractivity contribution in [1.29, 1.82) is 0 Å². The van der Waals surface area contributed by atoms with Gasteiger partial charge in [0.1, 0.15) is 30.2 Å². The summed E-state index contributed by atoms with van der Waals surface area (Å²) in [6.45, 7) is 1.33. The van der Waals surface area contributed by atoms with Gasteiger partial charge in [-0.2, -0.15) is 12.6 Å². The summed E-state index contributed by atoms with van der Waals surface area (Å²) in [5, 5.41) is 31.8. The van der Waals surface area contributed by atoms with E-state index in [0.717, 1.165) is 21.8 Å². The molecule has 5 rings (SSSR count). The molecule has 0 aliphatic heterocycles. The summed E-state index contributed by atoms with van der Waals surface area (Å²) in [7, 11) is 0. The van der Waals surface area contributed by atoms with Crippen molar-refractivity contribution < 1.29 is 34.2 Å². The van der Waals surface area contributed by atoms with Crippen molar-refractivity contribution >= 4 is 64.0 Å². The maximum atomic E-state index is 14.2. The predicted molar refractivity (Wildman–Crippen MR) is 195 cm³/mol. The minimum Gasteiger partial charge on any atom is -0.480 e. The van der Waals surface area contributed by atoms with Gasteiger partial charge in [-0.3, -0.25) is 19.2 Å². The number of nitrogens with one attached hydrogen (secondary N) is 7. The number of aliphatic hydroxyl groups excluding tert-OH is 1. The van der Waals surface area contributed by atoms with Crippen LogP contribution in [-0.4, -0.2) is 102 Å². The van der Waals surface area contributed by atoms with Crippen molar-refractivity contribution in [3.63, 3.8) is 0 Å². The summed E-state index contributed by atoms with van der Waals surface area (Å²) >= 11 is 4.21. The maximum absolute atomic E-state index is 14.2. The lowest BCUT2D eigenvalue weighted by Gasteiger charge is -2.26. The number of hydrogen-bond acceptors (Lipinski definition) is 9. The smallest absolute Gasteiger partial charge is 0.326 e. The van der Waals surface area contributed by atoms with Crippen molar-refractivity contribution in [2.75, 3.05) is 5.75 Å². The molecule has 5 aromatic rings. The molecular formula is C35H41N9O7S. The summed E-state index contributed by atoms with van der Waals surface area (Å²) < 4.78 is 0. The molecule has 0 radical (unpaired) electrons. The number of carbonyl (C=O) groups excluding carboxylic acids is 4. The number of amides is 4. The van der Waals surface area contributed by atoms with E-state index in [9.17, 15) is 34.2 Å². The van der Waals surface area contributed by atoms with E-state index in [2.05, 4.69) is 53.8 Å². The number of carboxylic acids is 1. The first-order chi connectivity index (χ1) is 24.9. The lowest BCUT2D eigenvalue weighted by molar-refractivity contribution is -0.142. The Balaban J connectivity index is 1.44. The third-order valence-corrected chi connectivity index (χ3v) is 9.06. The molecule has 0 fully saturated rings. The number of fused-ring (bicyclic) bond motifs is 2. The van der Waals surface area contributed by atoms with Gasteiger partial charge in [0, 0.05) is 71.1 Å². The molecule has 0 saturated heterocycles. The fourth-order valence-corrected chi connectivity index (χ4v) is 6.03. The molecule has 3 aromatic heterocycles. The van der Waals surface area contributed by atoms with Crippen LogP contribution < -0.4 is 27.0 Å². The third kappa shape index (κ3) is 9.17.